The molecule has 0 bridgehead atoms. The van der Waals surface area contributed by atoms with E-state index in [1.54, 1.807) is 19.2 Å². The lowest BCUT2D eigenvalue weighted by Gasteiger charge is -2.06. The van der Waals surface area contributed by atoms with Crippen molar-refractivity contribution >= 4 is 60.6 Å². The average molecular weight is 399 g/mol. The smallest absolute Gasteiger partial charge is 0.285 e. The first kappa shape index (κ1) is 20.2. The first-order chi connectivity index (χ1) is 10.8. The quantitative estimate of drug-likeness (QED) is 0.501. The summed E-state index contributed by atoms with van der Waals surface area (Å²) in [4.78, 5) is 4.81. The zero-order valence-electron chi connectivity index (χ0n) is 12.5. The van der Waals surface area contributed by atoms with Gasteiger partial charge >= 0.3 is 0 Å². The Labute approximate surface area is 150 Å². The fourth-order valence-electron chi connectivity index (χ4n) is 1.72. The number of hydrogen-bond donors (Lipinski definition) is 2. The monoisotopic (exact) mass is 398 g/mol. The van der Waals surface area contributed by atoms with Crippen molar-refractivity contribution in [2.75, 3.05) is 0 Å². The van der Waals surface area contributed by atoms with Crippen molar-refractivity contribution in [3.05, 3.63) is 28.8 Å². The maximum Gasteiger partial charge on any atom is 0.285 e. The van der Waals surface area contributed by atoms with E-state index in [1.807, 2.05) is 13.8 Å². The van der Waals surface area contributed by atoms with Crippen LogP contribution in [0.2, 0.25) is 5.02 Å². The number of nitrogens with one attached hydrogen (secondary N) is 2. The lowest BCUT2D eigenvalue weighted by atomic mass is 10.3. The van der Waals surface area contributed by atoms with Crippen molar-refractivity contribution < 1.29 is 8.78 Å². The molecule has 0 atom stereocenters. The Morgan fingerprint density at radius 3 is 2.48 bits per heavy atom. The molecule has 0 saturated carbocycles. The van der Waals surface area contributed by atoms with Crippen LogP contribution >= 0.6 is 45.0 Å². The average Bonchev–Trinajstić information content (AvgIpc) is 2.86. The molecule has 0 aromatic carbocycles. The van der Waals surface area contributed by atoms with Crippen LogP contribution in [0.4, 0.5) is 8.78 Å². The van der Waals surface area contributed by atoms with Crippen LogP contribution in [0.3, 0.4) is 0 Å². The lowest BCUT2D eigenvalue weighted by Crippen LogP contribution is -2.10. The third-order valence-electron chi connectivity index (χ3n) is 2.54. The molecule has 0 unspecified atom stereocenters. The van der Waals surface area contributed by atoms with Crippen LogP contribution in [0.5, 0.6) is 0 Å². The number of pyridine rings is 1. The van der Waals surface area contributed by atoms with Gasteiger partial charge in [0.2, 0.25) is 0 Å². The molecule has 2 aromatic heterocycles. The van der Waals surface area contributed by atoms with Crippen LogP contribution in [-0.2, 0) is 0 Å². The molecule has 2 heterocycles. The summed E-state index contributed by atoms with van der Waals surface area (Å²) >= 11 is 6.51. The van der Waals surface area contributed by atoms with Crippen molar-refractivity contribution in [3.8, 4) is 0 Å². The standard InChI is InChI=1S/C11H8Cl2F2N4S2.C2H6/c1-4-7-6(12)2-5(21-13)3-19(7)11(18-4)10(17)20-9(16)8(14)15;1-2/h2-3,8,16-17H,1H3;1-2H3. The van der Waals surface area contributed by atoms with Crippen molar-refractivity contribution in [2.24, 2.45) is 0 Å². The van der Waals surface area contributed by atoms with Crippen LogP contribution in [0, 0.1) is 17.7 Å². The molecule has 0 amide bonds. The Hall–Kier alpha value is -0.830. The van der Waals surface area contributed by atoms with E-state index in [-0.39, 0.29) is 10.9 Å². The highest BCUT2D eigenvalue weighted by atomic mass is 35.7. The molecule has 10 heteroatoms. The second-order valence-corrected chi connectivity index (χ2v) is 6.48. The second kappa shape index (κ2) is 8.86. The van der Waals surface area contributed by atoms with Gasteiger partial charge in [-0.3, -0.25) is 15.2 Å². The van der Waals surface area contributed by atoms with Crippen LogP contribution < -0.4 is 0 Å². The Kier molecular flexibility index (Phi) is 7.79. The van der Waals surface area contributed by atoms with Crippen molar-refractivity contribution in [3.63, 3.8) is 0 Å². The minimum Gasteiger partial charge on any atom is -0.295 e. The normalized spacial score (nSPS) is 10.6. The van der Waals surface area contributed by atoms with Gasteiger partial charge in [-0.2, -0.15) is 0 Å². The van der Waals surface area contributed by atoms with Gasteiger partial charge in [-0.1, -0.05) is 25.4 Å². The van der Waals surface area contributed by atoms with E-state index < -0.39 is 11.5 Å². The SMILES string of the molecule is CC.Cc1nc(C(=N)SC(=N)C(F)F)n2cc(SCl)cc(Cl)c12. The van der Waals surface area contributed by atoms with Gasteiger partial charge in [-0.25, -0.2) is 13.8 Å². The third kappa shape index (κ3) is 4.59. The molecule has 0 aliphatic carbocycles. The highest BCUT2D eigenvalue weighted by Crippen LogP contribution is 2.31. The Bertz CT molecular complexity index is 734. The zero-order chi connectivity index (χ0) is 17.7. The molecule has 0 saturated heterocycles. The number of halogens is 4. The van der Waals surface area contributed by atoms with Gasteiger partial charge in [0.1, 0.15) is 10.1 Å². The summed E-state index contributed by atoms with van der Waals surface area (Å²) in [7, 11) is 6.64. The number of aryl methyl sites for hydroxylation is 1. The van der Waals surface area contributed by atoms with Gasteiger partial charge in [-0.15, -0.1) is 0 Å². The van der Waals surface area contributed by atoms with E-state index >= 15 is 0 Å². The number of nitrogens with zero attached hydrogens (tertiary/aromatic N) is 2. The van der Waals surface area contributed by atoms with Crippen molar-refractivity contribution in [1.82, 2.24) is 9.38 Å². The summed E-state index contributed by atoms with van der Waals surface area (Å²) in [6, 6.07) is 1.66. The molecular weight excluding hydrogens is 385 g/mol. The fraction of sp³-hybridized carbons (Fsp3) is 0.308. The molecule has 4 nitrogen and oxygen atoms in total. The second-order valence-electron chi connectivity index (χ2n) is 3.94. The van der Waals surface area contributed by atoms with E-state index in [4.69, 9.17) is 33.1 Å². The van der Waals surface area contributed by atoms with Crippen LogP contribution in [0.25, 0.3) is 5.52 Å². The maximum atomic E-state index is 12.4. The molecule has 2 aromatic rings. The van der Waals surface area contributed by atoms with E-state index in [0.29, 0.717) is 32.9 Å². The molecule has 23 heavy (non-hydrogen) atoms. The van der Waals surface area contributed by atoms with Crippen molar-refractivity contribution in [1.29, 1.82) is 10.8 Å². The van der Waals surface area contributed by atoms with Gasteiger partial charge in [0.15, 0.2) is 5.82 Å². The Morgan fingerprint density at radius 1 is 1.35 bits per heavy atom. The van der Waals surface area contributed by atoms with Gasteiger partial charge in [-0.05, 0) is 46.4 Å². The zero-order valence-corrected chi connectivity index (χ0v) is 15.6. The highest BCUT2D eigenvalue weighted by molar-refractivity contribution is 8.26. The number of aromatic nitrogens is 2. The lowest BCUT2D eigenvalue weighted by molar-refractivity contribution is 0.228. The van der Waals surface area contributed by atoms with E-state index in [0.717, 1.165) is 11.0 Å². The summed E-state index contributed by atoms with van der Waals surface area (Å²) < 4.78 is 26.3. The van der Waals surface area contributed by atoms with Gasteiger partial charge in [0.05, 0.1) is 16.2 Å². The molecule has 0 spiro atoms. The van der Waals surface area contributed by atoms with Crippen molar-refractivity contribution in [2.45, 2.75) is 32.1 Å². The number of rotatable bonds is 3. The molecule has 0 aliphatic heterocycles. The van der Waals surface area contributed by atoms with Crippen LogP contribution in [-0.4, -0.2) is 25.9 Å². The number of imidazole rings is 1. The molecule has 2 N–H and O–H groups in total. The Morgan fingerprint density at radius 2 is 1.96 bits per heavy atom. The molecule has 0 radical (unpaired) electrons. The maximum absolute atomic E-state index is 12.4. The summed E-state index contributed by atoms with van der Waals surface area (Å²) in [5.74, 6) is 0.146. The number of alkyl halides is 2. The third-order valence-corrected chi connectivity index (χ3v) is 4.55. The van der Waals surface area contributed by atoms with Gasteiger partial charge in [0, 0.05) is 11.1 Å². The molecule has 126 valence electrons. The topological polar surface area (TPSA) is 65.0 Å². The molecule has 2 rings (SSSR count). The summed E-state index contributed by atoms with van der Waals surface area (Å²) in [6.45, 7) is 5.70. The van der Waals surface area contributed by atoms with Crippen LogP contribution in [0.15, 0.2) is 17.2 Å². The Balaban J connectivity index is 0.00000127. The first-order valence-corrected chi connectivity index (χ1v) is 9.29. The molecule has 0 fully saturated rings. The predicted octanol–water partition coefficient (Wildman–Crippen LogP) is 5.87. The minimum absolute atomic E-state index is 0.146. The summed E-state index contributed by atoms with van der Waals surface area (Å²) in [5, 5.41) is 14.3. The minimum atomic E-state index is -2.92. The molecule has 0 aliphatic rings. The number of fused-ring (bicyclic) bond motifs is 1. The molecular formula is C13H14Cl2F2N4S2. The largest absolute Gasteiger partial charge is 0.295 e. The van der Waals surface area contributed by atoms with E-state index in [1.165, 1.54) is 4.40 Å². The van der Waals surface area contributed by atoms with E-state index in [9.17, 15) is 8.78 Å². The highest BCUT2D eigenvalue weighted by Gasteiger charge is 2.20. The van der Waals surface area contributed by atoms with Gasteiger partial charge in [0.25, 0.3) is 6.43 Å². The fourth-order valence-corrected chi connectivity index (χ4v) is 3.23. The summed E-state index contributed by atoms with van der Waals surface area (Å²) in [6.07, 6.45) is -1.30. The van der Waals surface area contributed by atoms with Gasteiger partial charge < -0.3 is 0 Å². The summed E-state index contributed by atoms with van der Waals surface area (Å²) in [5.41, 5.74) is 1.14. The predicted molar refractivity (Wildman–Crippen MR) is 96.1 cm³/mol. The number of hydrogen-bond acceptors (Lipinski definition) is 5. The van der Waals surface area contributed by atoms with E-state index in [2.05, 4.69) is 4.98 Å². The van der Waals surface area contributed by atoms with Crippen LogP contribution in [0.1, 0.15) is 25.4 Å². The first-order valence-electron chi connectivity index (χ1n) is 6.45. The number of thioether (sulfide) groups is 1.